The Hall–Kier alpha value is -2.73. The molecule has 8 fully saturated rings. The van der Waals surface area contributed by atoms with Crippen LogP contribution in [0.25, 0.3) is 0 Å². The van der Waals surface area contributed by atoms with Crippen LogP contribution in [0, 0.1) is 33.5 Å². The second-order valence-corrected chi connectivity index (χ2v) is 26.4. The highest BCUT2D eigenvalue weighted by Gasteiger charge is 2.87. The molecule has 0 aromatic carbocycles. The number of ether oxygens (including phenoxy) is 11. The average molecular weight is 1210 g/mol. The molecule has 0 aromatic rings. The van der Waals surface area contributed by atoms with Gasteiger partial charge in [0.2, 0.25) is 0 Å². The van der Waals surface area contributed by atoms with Crippen molar-refractivity contribution in [1.29, 1.82) is 0 Å². The van der Waals surface area contributed by atoms with Crippen molar-refractivity contribution < 1.29 is 130 Å². The van der Waals surface area contributed by atoms with Crippen molar-refractivity contribution in [3.8, 4) is 0 Å². The van der Waals surface area contributed by atoms with Crippen LogP contribution in [0.5, 0.6) is 0 Å². The molecule has 11 N–H and O–H groups in total. The molecule has 9 aliphatic rings. The number of esters is 2. The van der Waals surface area contributed by atoms with Gasteiger partial charge in [-0.3, -0.25) is 14.1 Å². The van der Waals surface area contributed by atoms with E-state index >= 15 is 0 Å². The number of fused-ring (bicyclic) bond motifs is 4. The fourth-order valence-electron chi connectivity index (χ4n) is 15.9. The van der Waals surface area contributed by atoms with E-state index in [9.17, 15) is 73.6 Å². The lowest BCUT2D eigenvalue weighted by molar-refractivity contribution is -0.385. The maximum Gasteiger partial charge on any atom is 0.397 e. The van der Waals surface area contributed by atoms with Crippen LogP contribution in [-0.4, -0.2) is 244 Å². The monoisotopic (exact) mass is 1210 g/mol. The van der Waals surface area contributed by atoms with Crippen molar-refractivity contribution in [1.82, 2.24) is 0 Å². The summed E-state index contributed by atoms with van der Waals surface area (Å²) in [4.78, 5) is 27.5. The van der Waals surface area contributed by atoms with Crippen LogP contribution in [0.3, 0.4) is 0 Å². The molecule has 28 heteroatoms. The predicted molar refractivity (Wildman–Crippen MR) is 278 cm³/mol. The molecule has 83 heavy (non-hydrogen) atoms. The Morgan fingerprint density at radius 1 is 0.735 bits per heavy atom. The van der Waals surface area contributed by atoms with Gasteiger partial charge >= 0.3 is 22.3 Å². The van der Waals surface area contributed by atoms with E-state index in [0.29, 0.717) is 25.7 Å². The third-order valence-corrected chi connectivity index (χ3v) is 20.5. The Morgan fingerprint density at radius 2 is 1.36 bits per heavy atom. The lowest BCUT2D eigenvalue weighted by atomic mass is 9.40. The first-order valence-electron chi connectivity index (χ1n) is 28.3. The van der Waals surface area contributed by atoms with Gasteiger partial charge in [-0.1, -0.05) is 57.1 Å². The number of aliphatic hydroxyl groups excluding tert-OH is 9. The number of methoxy groups -OCH3 is 1. The second kappa shape index (κ2) is 23.7. The molecule has 3 saturated carbocycles. The highest BCUT2D eigenvalue weighted by Crippen LogP contribution is 2.77. The minimum atomic E-state index is -5.22. The molecule has 9 rings (SSSR count). The molecule has 5 aliphatic heterocycles. The maximum absolute atomic E-state index is 14.7. The van der Waals surface area contributed by atoms with Crippen molar-refractivity contribution in [2.24, 2.45) is 33.5 Å². The van der Waals surface area contributed by atoms with E-state index in [4.69, 9.17) is 56.3 Å². The van der Waals surface area contributed by atoms with E-state index in [1.54, 1.807) is 19.1 Å². The largest absolute Gasteiger partial charge is 0.459 e. The highest BCUT2D eigenvalue weighted by atomic mass is 32.3. The molecule has 17 unspecified atom stereocenters. The van der Waals surface area contributed by atoms with E-state index < -0.39 is 204 Å². The lowest BCUT2D eigenvalue weighted by Crippen LogP contribution is -2.66. The summed E-state index contributed by atoms with van der Waals surface area (Å²) in [6.45, 7) is 12.1. The summed E-state index contributed by atoms with van der Waals surface area (Å²) in [7, 11) is -4.03. The van der Waals surface area contributed by atoms with Crippen molar-refractivity contribution >= 4 is 22.3 Å². The topological polar surface area (TPSA) is 402 Å². The normalized spacial score (nSPS) is 49.6. The zero-order valence-electron chi connectivity index (χ0n) is 47.9. The van der Waals surface area contributed by atoms with Gasteiger partial charge in [0.25, 0.3) is 0 Å². The number of hydrogen-bond acceptors (Lipinski definition) is 26. The number of hydrogen-bond donors (Lipinski definition) is 11. The van der Waals surface area contributed by atoms with Crippen molar-refractivity contribution in [2.45, 2.75) is 228 Å². The van der Waals surface area contributed by atoms with Crippen LogP contribution in [0.4, 0.5) is 0 Å². The third-order valence-electron chi connectivity index (χ3n) is 20.0. The molecular weight excluding hydrogens is 1120 g/mol. The van der Waals surface area contributed by atoms with Gasteiger partial charge in [0.15, 0.2) is 36.4 Å². The molecular formula is C55H84O27S. The van der Waals surface area contributed by atoms with Gasteiger partial charge in [0.05, 0.1) is 32.5 Å². The number of carbonyl (C=O) groups excluding carboxylic acids is 2. The molecule has 472 valence electrons. The number of cyclic esters (lactones) is 1. The Labute approximate surface area is 481 Å². The van der Waals surface area contributed by atoms with Gasteiger partial charge in [-0.05, 0) is 88.0 Å². The lowest BCUT2D eigenvalue weighted by Gasteiger charge is -2.64. The smallest absolute Gasteiger partial charge is 0.397 e. The summed E-state index contributed by atoms with van der Waals surface area (Å²) in [5.74, 6) is -1.41. The zero-order chi connectivity index (χ0) is 60.9. The first-order chi connectivity index (χ1) is 38.8. The van der Waals surface area contributed by atoms with E-state index in [-0.39, 0.29) is 24.7 Å². The van der Waals surface area contributed by atoms with Gasteiger partial charge in [0, 0.05) is 19.4 Å². The van der Waals surface area contributed by atoms with Crippen molar-refractivity contribution in [3.05, 3.63) is 35.5 Å². The van der Waals surface area contributed by atoms with Crippen molar-refractivity contribution in [3.63, 3.8) is 0 Å². The Morgan fingerprint density at radius 3 is 2.00 bits per heavy atom. The SMILES string of the molecule is COC1C(O)[C@H](OC2C(O)[C@H](O[C@@H]3C(CO)O[C@@H](OC4C(O)[C@H](OS(=O)(=O)O)CO[C@H]4OC4CC[C@]5(C)C6CC[C@]78C(=O)OC(C)(/C=C/C=C(C)C)C7(O)C(OC(C)=O)CC8(C)C6=CCC5C4(C)C)C(O)C3O)OC[C@H]2O)OC(CO)[C@H]1O. The van der Waals surface area contributed by atoms with Crippen LogP contribution in [0.15, 0.2) is 35.5 Å². The number of aliphatic hydroxyl groups is 10. The molecule has 5 saturated heterocycles. The van der Waals surface area contributed by atoms with Gasteiger partial charge < -0.3 is 103 Å². The summed E-state index contributed by atoms with van der Waals surface area (Å²) in [5.41, 5.74) is -5.20. The fourth-order valence-corrected chi connectivity index (χ4v) is 16.4. The quantitative estimate of drug-likeness (QED) is 0.0362. The van der Waals surface area contributed by atoms with E-state index in [2.05, 4.69) is 13.0 Å². The van der Waals surface area contributed by atoms with Gasteiger partial charge in [-0.15, -0.1) is 0 Å². The molecule has 5 heterocycles. The van der Waals surface area contributed by atoms with Gasteiger partial charge in [-0.2, -0.15) is 8.42 Å². The predicted octanol–water partition coefficient (Wildman–Crippen LogP) is -1.52. The van der Waals surface area contributed by atoms with Gasteiger partial charge in [-0.25, -0.2) is 4.18 Å². The molecule has 27 nitrogen and oxygen atoms in total. The Kier molecular flexibility index (Phi) is 18.5. The van der Waals surface area contributed by atoms with Crippen LogP contribution in [0.1, 0.15) is 93.9 Å². The third kappa shape index (κ3) is 10.8. The van der Waals surface area contributed by atoms with E-state index in [1.165, 1.54) is 14.0 Å². The minimum Gasteiger partial charge on any atom is -0.459 e. The average Bonchev–Trinajstić information content (AvgIpc) is 1.60. The van der Waals surface area contributed by atoms with Crippen LogP contribution >= 0.6 is 0 Å². The summed E-state index contributed by atoms with van der Waals surface area (Å²) < 4.78 is 103. The number of allylic oxidation sites excluding steroid dienone is 5. The zero-order valence-corrected chi connectivity index (χ0v) is 48.8. The molecule has 27 atom stereocenters. The number of carbonyl (C=O) groups is 2. The Balaban J connectivity index is 0.929. The minimum absolute atomic E-state index is 0.121. The maximum atomic E-state index is 14.7. The standard InChI is InChI=1S/C55H84O27S/c1-24(2)11-10-16-53(8)55(67)34(74-25(3)58)19-52(7)27-12-13-32-50(4,5)33(15-17-51(32,6)26(27)14-18-54(52,55)49(66)81-53)77-48-44(36(61)31(23-73-48)82-83(68,69)70)80-46-38(63)37(62)42(30(21-57)76-46)79-45-39(64)41(28(59)22-72-45)78-47-40(65)43(71-9)35(60)29(20-56)75-47/h10-12,16,26,28-48,56-57,59-65,67H,13-15,17-23H2,1-9H3,(H,68,69,70)/b16-10+/t26?,28-,29?,30?,31-,32?,33?,34?,35-,36?,37?,38?,39?,40?,41?,42-,43?,44?,45+,46+,47+,48+,51-,52?,53?,54-,55?/m1/s1. The van der Waals surface area contributed by atoms with Gasteiger partial charge in [0.1, 0.15) is 97.0 Å². The van der Waals surface area contributed by atoms with E-state index in [1.807, 2.05) is 40.7 Å². The summed E-state index contributed by atoms with van der Waals surface area (Å²) >= 11 is 0. The first-order valence-corrected chi connectivity index (χ1v) is 29.6. The Bertz CT molecular complexity index is 2580. The molecule has 0 bridgehead atoms. The highest BCUT2D eigenvalue weighted by molar-refractivity contribution is 7.80. The van der Waals surface area contributed by atoms with Crippen molar-refractivity contribution in [2.75, 3.05) is 33.5 Å². The summed E-state index contributed by atoms with van der Waals surface area (Å²) in [6, 6.07) is 0. The molecule has 0 radical (unpaired) electrons. The number of rotatable bonds is 16. The van der Waals surface area contributed by atoms with E-state index in [0.717, 1.165) is 11.1 Å². The molecule has 0 amide bonds. The molecule has 4 aliphatic carbocycles. The second-order valence-electron chi connectivity index (χ2n) is 25.4. The van der Waals surface area contributed by atoms with Crippen LogP contribution in [-0.2, 0) is 76.3 Å². The fraction of sp³-hybridized carbons (Fsp3) is 0.855. The summed E-state index contributed by atoms with van der Waals surface area (Å²) in [5, 5.41) is 112. The van der Waals surface area contributed by atoms with Crippen LogP contribution < -0.4 is 0 Å². The molecule has 0 aromatic heterocycles. The van der Waals surface area contributed by atoms with Crippen LogP contribution in [0.2, 0.25) is 0 Å². The first kappa shape index (κ1) is 64.7. The molecule has 1 spiro atoms. The summed E-state index contributed by atoms with van der Waals surface area (Å²) in [6.07, 6.45) is -23.2.